The van der Waals surface area contributed by atoms with Crippen LogP contribution in [0.3, 0.4) is 0 Å². The molecule has 0 aliphatic carbocycles. The summed E-state index contributed by atoms with van der Waals surface area (Å²) in [5.41, 5.74) is 6.49. The molecule has 0 aromatic heterocycles. The summed E-state index contributed by atoms with van der Waals surface area (Å²) in [7, 11) is -7.02. The van der Waals surface area contributed by atoms with E-state index in [-0.39, 0.29) is 46.4 Å². The van der Waals surface area contributed by atoms with Crippen LogP contribution in [-0.4, -0.2) is 55.7 Å². The second-order valence-corrected chi connectivity index (χ2v) is 55.0. The van der Waals surface area contributed by atoms with Crippen molar-refractivity contribution in [2.24, 2.45) is 10.8 Å². The Morgan fingerprint density at radius 3 is 0.989 bits per heavy atom. The van der Waals surface area contributed by atoms with Crippen molar-refractivity contribution >= 4 is 96.1 Å². The molecule has 0 heterocycles. The number of aromatic hydroxyl groups is 2. The SMILES string of the molecule is CC(C)(C)CC(C)(C)c1cc(-c2cc(F)ccc2OCCCOc2ccc(F)cc2-c2cc(C(C)(C)CC(C)(C)C)cc(-c3c4ccc([Si](C)(C)C)cc4cc4ccc([Si](C)(C)C)cc34)c2O)c(O)c(-c2c3ccc([Si](C)(C)C)cc3cc3ccc([Si](C)(C)C)cc23)c1. The van der Waals surface area contributed by atoms with E-state index >= 15 is 8.78 Å². The van der Waals surface area contributed by atoms with E-state index in [0.717, 1.165) is 78.2 Å². The molecule has 2 N–H and O–H groups in total. The lowest BCUT2D eigenvalue weighted by molar-refractivity contribution is 0.248. The molecule has 10 rings (SSSR count). The highest BCUT2D eigenvalue weighted by Crippen LogP contribution is 2.52. The third-order valence-corrected chi connectivity index (χ3v) is 27.1. The summed E-state index contributed by atoms with van der Waals surface area (Å²) < 4.78 is 45.6. The number of ether oxygens (including phenoxy) is 2. The zero-order valence-electron chi connectivity index (χ0n) is 59.9. The summed E-state index contributed by atoms with van der Waals surface area (Å²) in [5, 5.41) is 40.5. The molecule has 4 nitrogen and oxygen atoms in total. The second-order valence-electron chi connectivity index (χ2n) is 34.7. The molecule has 93 heavy (non-hydrogen) atoms. The van der Waals surface area contributed by atoms with Gasteiger partial charge in [-0.05, 0) is 162 Å². The summed E-state index contributed by atoms with van der Waals surface area (Å²) in [6.07, 6.45) is 2.11. The van der Waals surface area contributed by atoms with Crippen molar-refractivity contribution in [3.05, 3.63) is 168 Å². The number of halogens is 2. The molecule has 0 fully saturated rings. The van der Waals surface area contributed by atoms with Gasteiger partial charge in [0.15, 0.2) is 0 Å². The minimum atomic E-state index is -1.80. The minimum absolute atomic E-state index is 0.0315. The average Bonchev–Trinajstić information content (AvgIpc) is 0.739. The first-order valence-corrected chi connectivity index (χ1v) is 47.6. The van der Waals surface area contributed by atoms with E-state index in [2.05, 4.69) is 245 Å². The molecule has 0 radical (unpaired) electrons. The van der Waals surface area contributed by atoms with E-state index in [4.69, 9.17) is 9.47 Å². The van der Waals surface area contributed by atoms with Crippen LogP contribution in [0.2, 0.25) is 78.6 Å². The molecule has 0 aliphatic rings. The van der Waals surface area contributed by atoms with Gasteiger partial charge in [0.25, 0.3) is 0 Å². The van der Waals surface area contributed by atoms with Crippen molar-refractivity contribution in [1.29, 1.82) is 0 Å². The highest BCUT2D eigenvalue weighted by molar-refractivity contribution is 6.90. The number of phenols is 2. The standard InChI is InChI=1S/C83H102F2O4Si4/c1-80(2,3)50-82(7,8)56-42-70(78(86)72(44-56)76-64-32-30-60(90(11,12)13)40-54(64)38-52-24-28-62(48-66(52)76)92(17,18)19)68-46-58(84)26-34-74(68)88-36-23-37-89-75-35-27-59(85)47-69(75)71-43-57(83(9,10)51-81(4,5)6)45-73(79(71)87)77-65-33-31-61(91(14,15)16)41-55(65)39-53-25-29-63(49-67(53)77)93(20,21)22/h24-35,38-49,86-87H,23,36-37,50-51H2,1-22H3. The third kappa shape index (κ3) is 14.9. The third-order valence-electron chi connectivity index (χ3n) is 18.9. The number of hydrogen-bond acceptors (Lipinski definition) is 4. The summed E-state index contributed by atoms with van der Waals surface area (Å²) >= 11 is 0. The van der Waals surface area contributed by atoms with Crippen LogP contribution in [0, 0.1) is 22.5 Å². The van der Waals surface area contributed by atoms with Crippen LogP contribution in [-0.2, 0) is 10.8 Å². The highest BCUT2D eigenvalue weighted by Gasteiger charge is 2.34. The highest BCUT2D eigenvalue weighted by atomic mass is 28.3. The molecule has 0 spiro atoms. The molecular weight excluding hydrogens is 1210 g/mol. The lowest BCUT2D eigenvalue weighted by atomic mass is 9.71. The van der Waals surface area contributed by atoms with Gasteiger partial charge in [-0.3, -0.25) is 0 Å². The maximum absolute atomic E-state index is 16.1. The van der Waals surface area contributed by atoms with Crippen molar-refractivity contribution in [2.45, 2.75) is 178 Å². The van der Waals surface area contributed by atoms with Crippen LogP contribution < -0.4 is 30.2 Å². The molecule has 0 atom stereocenters. The fraction of sp³-hybridized carbons (Fsp3) is 0.373. The van der Waals surface area contributed by atoms with E-state index in [1.165, 1.54) is 45.0 Å². The Kier molecular flexibility index (Phi) is 18.4. The van der Waals surface area contributed by atoms with Crippen LogP contribution in [0.5, 0.6) is 23.0 Å². The number of benzene rings is 10. The first-order valence-electron chi connectivity index (χ1n) is 33.6. The predicted molar refractivity (Wildman–Crippen MR) is 410 cm³/mol. The topological polar surface area (TPSA) is 58.9 Å². The van der Waals surface area contributed by atoms with Gasteiger partial charge in [-0.1, -0.05) is 241 Å². The van der Waals surface area contributed by atoms with Crippen molar-refractivity contribution in [3.63, 3.8) is 0 Å². The maximum Gasteiger partial charge on any atom is 0.131 e. The van der Waals surface area contributed by atoms with Crippen LogP contribution >= 0.6 is 0 Å². The first kappa shape index (κ1) is 69.0. The van der Waals surface area contributed by atoms with Crippen molar-refractivity contribution in [3.8, 4) is 67.5 Å². The fourth-order valence-corrected chi connectivity index (χ4v) is 19.2. The Morgan fingerprint density at radius 2 is 0.656 bits per heavy atom. The Morgan fingerprint density at radius 1 is 0.333 bits per heavy atom. The lowest BCUT2D eigenvalue weighted by Gasteiger charge is -2.34. The van der Waals surface area contributed by atoms with Crippen LogP contribution in [0.4, 0.5) is 8.78 Å². The number of hydrogen-bond donors (Lipinski definition) is 2. The van der Waals surface area contributed by atoms with E-state index in [1.807, 2.05) is 12.1 Å². The molecular formula is C83H102F2O4Si4. The normalized spacial score (nSPS) is 13.2. The van der Waals surface area contributed by atoms with Gasteiger partial charge in [0.05, 0.1) is 45.5 Å². The lowest BCUT2D eigenvalue weighted by Crippen LogP contribution is -2.37. The fourth-order valence-electron chi connectivity index (χ4n) is 14.5. The molecule has 0 aliphatic heterocycles. The molecule has 488 valence electrons. The number of fused-ring (bicyclic) bond motifs is 4. The second kappa shape index (κ2) is 24.7. The van der Waals surface area contributed by atoms with Crippen molar-refractivity contribution < 1.29 is 28.5 Å². The molecule has 0 bridgehead atoms. The smallest absolute Gasteiger partial charge is 0.131 e. The predicted octanol–water partition coefficient (Wildman–Crippen LogP) is 22.1. The summed E-state index contributed by atoms with van der Waals surface area (Å²) in [6, 6.07) is 49.8. The number of phenolic OH excluding ortho intramolecular Hbond substituents is 2. The van der Waals surface area contributed by atoms with Crippen molar-refractivity contribution in [2.75, 3.05) is 13.2 Å². The summed E-state index contributed by atoms with van der Waals surface area (Å²) in [6.45, 7) is 51.4. The van der Waals surface area contributed by atoms with Gasteiger partial charge in [-0.2, -0.15) is 0 Å². The molecule has 0 unspecified atom stereocenters. The summed E-state index contributed by atoms with van der Waals surface area (Å²) in [4.78, 5) is 0. The first-order chi connectivity index (χ1) is 43.0. The Labute approximate surface area is 558 Å². The maximum atomic E-state index is 16.1. The molecule has 10 aromatic carbocycles. The quantitative estimate of drug-likeness (QED) is 0.0511. The van der Waals surface area contributed by atoms with E-state index in [9.17, 15) is 10.2 Å². The van der Waals surface area contributed by atoms with Gasteiger partial charge in [0.1, 0.15) is 34.6 Å². The largest absolute Gasteiger partial charge is 0.507 e. The molecule has 0 amide bonds. The van der Waals surface area contributed by atoms with E-state index in [1.54, 1.807) is 12.1 Å². The van der Waals surface area contributed by atoms with E-state index in [0.29, 0.717) is 51.3 Å². The molecule has 10 aromatic rings. The Hall–Kier alpha value is -6.83. The van der Waals surface area contributed by atoms with Crippen molar-refractivity contribution in [1.82, 2.24) is 0 Å². The van der Waals surface area contributed by atoms with Gasteiger partial charge in [-0.15, -0.1) is 0 Å². The molecule has 10 heteroatoms. The molecule has 0 saturated heterocycles. The van der Waals surface area contributed by atoms with Crippen LogP contribution in [0.25, 0.3) is 87.6 Å². The van der Waals surface area contributed by atoms with Gasteiger partial charge in [-0.25, -0.2) is 8.78 Å². The average molecular weight is 1310 g/mol. The van der Waals surface area contributed by atoms with Gasteiger partial charge in [0.2, 0.25) is 0 Å². The van der Waals surface area contributed by atoms with Gasteiger partial charge >= 0.3 is 0 Å². The Balaban J connectivity index is 1.06. The summed E-state index contributed by atoms with van der Waals surface area (Å²) in [5.74, 6) is 0.0862. The monoisotopic (exact) mass is 1310 g/mol. The van der Waals surface area contributed by atoms with E-state index < -0.39 is 43.9 Å². The van der Waals surface area contributed by atoms with Gasteiger partial charge < -0.3 is 19.7 Å². The van der Waals surface area contributed by atoms with Gasteiger partial charge in [0, 0.05) is 50.9 Å². The van der Waals surface area contributed by atoms with Crippen LogP contribution in [0.1, 0.15) is 99.6 Å². The molecule has 0 saturated carbocycles. The Bertz CT molecular complexity index is 4250. The zero-order valence-corrected chi connectivity index (χ0v) is 63.9. The number of rotatable bonds is 18. The van der Waals surface area contributed by atoms with Crippen LogP contribution in [0.15, 0.2) is 146 Å². The zero-order chi connectivity index (χ0) is 68.1. The minimum Gasteiger partial charge on any atom is -0.507 e.